The molecule has 1 atom stereocenters. The summed E-state index contributed by atoms with van der Waals surface area (Å²) in [4.78, 5) is 13.3. The number of nitrogens with one attached hydrogen (secondary N) is 1. The molecule has 0 saturated carbocycles. The van der Waals surface area contributed by atoms with Gasteiger partial charge in [0.1, 0.15) is 0 Å². The van der Waals surface area contributed by atoms with Gasteiger partial charge in [0.2, 0.25) is 5.91 Å². The molecular formula is C12H22N2O. The summed E-state index contributed by atoms with van der Waals surface area (Å²) in [6.45, 7) is 11.5. The minimum atomic E-state index is 0.0868. The lowest BCUT2D eigenvalue weighted by Crippen LogP contribution is -2.32. The van der Waals surface area contributed by atoms with E-state index in [0.29, 0.717) is 5.41 Å². The van der Waals surface area contributed by atoms with E-state index >= 15 is 0 Å². The highest BCUT2D eigenvalue weighted by Crippen LogP contribution is 2.35. The number of amides is 1. The van der Waals surface area contributed by atoms with Gasteiger partial charge in [-0.1, -0.05) is 20.4 Å². The molecule has 2 aliphatic rings. The SMILES string of the molecule is C=CC(=O)N1CCC2(CCNC2)C1.CC. The summed E-state index contributed by atoms with van der Waals surface area (Å²) in [7, 11) is 0. The zero-order chi connectivity index (χ0) is 11.3. The van der Waals surface area contributed by atoms with Gasteiger partial charge >= 0.3 is 0 Å². The van der Waals surface area contributed by atoms with Crippen LogP contribution >= 0.6 is 0 Å². The molecule has 1 unspecified atom stereocenters. The van der Waals surface area contributed by atoms with Gasteiger partial charge in [0.25, 0.3) is 0 Å². The van der Waals surface area contributed by atoms with Crippen molar-refractivity contribution < 1.29 is 4.79 Å². The summed E-state index contributed by atoms with van der Waals surface area (Å²) >= 11 is 0. The smallest absolute Gasteiger partial charge is 0.245 e. The molecule has 1 spiro atoms. The van der Waals surface area contributed by atoms with Crippen LogP contribution in [0.3, 0.4) is 0 Å². The molecule has 2 heterocycles. The maximum Gasteiger partial charge on any atom is 0.245 e. The third-order valence-electron chi connectivity index (χ3n) is 3.26. The average molecular weight is 210 g/mol. The highest BCUT2D eigenvalue weighted by atomic mass is 16.2. The highest BCUT2D eigenvalue weighted by Gasteiger charge is 2.41. The number of hydrogen-bond donors (Lipinski definition) is 1. The van der Waals surface area contributed by atoms with Gasteiger partial charge in [-0.25, -0.2) is 0 Å². The van der Waals surface area contributed by atoms with Gasteiger partial charge in [-0.05, 0) is 25.5 Å². The van der Waals surface area contributed by atoms with Gasteiger partial charge in [0.05, 0.1) is 0 Å². The van der Waals surface area contributed by atoms with Crippen molar-refractivity contribution in [3.05, 3.63) is 12.7 Å². The second kappa shape index (κ2) is 5.31. The molecule has 3 nitrogen and oxygen atoms in total. The number of rotatable bonds is 1. The van der Waals surface area contributed by atoms with Crippen LogP contribution in [0.2, 0.25) is 0 Å². The first-order valence-corrected chi connectivity index (χ1v) is 5.88. The van der Waals surface area contributed by atoms with Gasteiger partial charge in [0.15, 0.2) is 0 Å². The van der Waals surface area contributed by atoms with E-state index in [-0.39, 0.29) is 5.91 Å². The van der Waals surface area contributed by atoms with Gasteiger partial charge in [-0.15, -0.1) is 0 Å². The van der Waals surface area contributed by atoms with E-state index in [0.717, 1.165) is 32.6 Å². The minimum absolute atomic E-state index is 0.0868. The van der Waals surface area contributed by atoms with Crippen LogP contribution in [0.25, 0.3) is 0 Å². The largest absolute Gasteiger partial charge is 0.339 e. The molecule has 2 aliphatic heterocycles. The first kappa shape index (κ1) is 12.2. The first-order valence-electron chi connectivity index (χ1n) is 5.88. The molecule has 15 heavy (non-hydrogen) atoms. The lowest BCUT2D eigenvalue weighted by molar-refractivity contribution is -0.125. The topological polar surface area (TPSA) is 32.3 Å². The highest BCUT2D eigenvalue weighted by molar-refractivity contribution is 5.87. The zero-order valence-electron chi connectivity index (χ0n) is 9.88. The van der Waals surface area contributed by atoms with Crippen LogP contribution in [0.15, 0.2) is 12.7 Å². The van der Waals surface area contributed by atoms with E-state index in [1.165, 1.54) is 12.5 Å². The Morgan fingerprint density at radius 2 is 2.20 bits per heavy atom. The molecule has 2 rings (SSSR count). The van der Waals surface area contributed by atoms with Crippen molar-refractivity contribution in [1.82, 2.24) is 10.2 Å². The van der Waals surface area contributed by atoms with Crippen molar-refractivity contribution in [3.63, 3.8) is 0 Å². The van der Waals surface area contributed by atoms with Gasteiger partial charge in [-0.3, -0.25) is 4.79 Å². The summed E-state index contributed by atoms with van der Waals surface area (Å²) in [5.74, 6) is 0.0868. The second-order valence-corrected chi connectivity index (χ2v) is 4.14. The van der Waals surface area contributed by atoms with Crippen LogP contribution in [-0.2, 0) is 4.79 Å². The zero-order valence-corrected chi connectivity index (χ0v) is 9.88. The quantitative estimate of drug-likeness (QED) is 0.664. The monoisotopic (exact) mass is 210 g/mol. The maximum atomic E-state index is 11.3. The normalized spacial score (nSPS) is 28.8. The Hall–Kier alpha value is -0.830. The Kier molecular flexibility index (Phi) is 4.33. The van der Waals surface area contributed by atoms with E-state index in [2.05, 4.69) is 11.9 Å². The van der Waals surface area contributed by atoms with Crippen LogP contribution in [0.4, 0.5) is 0 Å². The van der Waals surface area contributed by atoms with Gasteiger partial charge in [-0.2, -0.15) is 0 Å². The summed E-state index contributed by atoms with van der Waals surface area (Å²) < 4.78 is 0. The summed E-state index contributed by atoms with van der Waals surface area (Å²) in [6, 6.07) is 0. The predicted molar refractivity (Wildman–Crippen MR) is 62.7 cm³/mol. The van der Waals surface area contributed by atoms with Gasteiger partial charge < -0.3 is 10.2 Å². The van der Waals surface area contributed by atoms with E-state index in [1.54, 1.807) is 0 Å². The van der Waals surface area contributed by atoms with Crippen LogP contribution < -0.4 is 5.32 Å². The Bertz CT molecular complexity index is 232. The van der Waals surface area contributed by atoms with Crippen LogP contribution in [0.5, 0.6) is 0 Å². The second-order valence-electron chi connectivity index (χ2n) is 4.14. The Morgan fingerprint density at radius 1 is 1.47 bits per heavy atom. The van der Waals surface area contributed by atoms with Gasteiger partial charge in [0, 0.05) is 25.0 Å². The third kappa shape index (κ3) is 2.59. The number of carbonyl (C=O) groups excluding carboxylic acids is 1. The summed E-state index contributed by atoms with van der Waals surface area (Å²) in [6.07, 6.45) is 3.79. The minimum Gasteiger partial charge on any atom is -0.339 e. The van der Waals surface area contributed by atoms with Crippen molar-refractivity contribution in [2.75, 3.05) is 26.2 Å². The van der Waals surface area contributed by atoms with Crippen molar-refractivity contribution in [2.45, 2.75) is 26.7 Å². The third-order valence-corrected chi connectivity index (χ3v) is 3.26. The maximum absolute atomic E-state index is 11.3. The Morgan fingerprint density at radius 3 is 2.73 bits per heavy atom. The summed E-state index contributed by atoms with van der Waals surface area (Å²) in [5.41, 5.74) is 0.388. The standard InChI is InChI=1S/C10H16N2O.C2H6/c1-2-9(13)12-6-4-10(8-12)3-5-11-7-10;1-2/h2,11H,1,3-8H2;1-2H3. The molecule has 2 saturated heterocycles. The average Bonchev–Trinajstić information content (AvgIpc) is 2.92. The number of nitrogens with zero attached hydrogens (tertiary/aromatic N) is 1. The molecule has 0 aromatic heterocycles. The predicted octanol–water partition coefficient (Wildman–Crippen LogP) is 1.41. The number of hydrogen-bond acceptors (Lipinski definition) is 2. The van der Waals surface area contributed by atoms with E-state index < -0.39 is 0 Å². The Balaban J connectivity index is 0.000000531. The molecule has 0 aliphatic carbocycles. The number of likely N-dealkylation sites (tertiary alicyclic amines) is 1. The van der Waals surface area contributed by atoms with E-state index in [4.69, 9.17) is 0 Å². The van der Waals surface area contributed by atoms with Crippen molar-refractivity contribution >= 4 is 5.91 Å². The number of carbonyl (C=O) groups is 1. The molecule has 0 radical (unpaired) electrons. The Labute approximate surface area is 92.5 Å². The first-order chi connectivity index (χ1) is 7.26. The van der Waals surface area contributed by atoms with E-state index in [9.17, 15) is 4.79 Å². The molecule has 1 amide bonds. The van der Waals surface area contributed by atoms with Crippen molar-refractivity contribution in [3.8, 4) is 0 Å². The van der Waals surface area contributed by atoms with Crippen LogP contribution in [-0.4, -0.2) is 37.0 Å². The molecule has 3 heteroatoms. The van der Waals surface area contributed by atoms with Crippen LogP contribution in [0, 0.1) is 5.41 Å². The van der Waals surface area contributed by atoms with Crippen molar-refractivity contribution in [1.29, 1.82) is 0 Å². The molecule has 0 bridgehead atoms. The molecule has 0 aromatic carbocycles. The fourth-order valence-electron chi connectivity index (χ4n) is 2.40. The summed E-state index contributed by atoms with van der Waals surface area (Å²) in [5, 5.41) is 3.37. The molecular weight excluding hydrogens is 188 g/mol. The van der Waals surface area contributed by atoms with E-state index in [1.807, 2.05) is 18.7 Å². The lowest BCUT2D eigenvalue weighted by Gasteiger charge is -2.21. The molecule has 2 fully saturated rings. The fourth-order valence-corrected chi connectivity index (χ4v) is 2.40. The van der Waals surface area contributed by atoms with Crippen LogP contribution in [0.1, 0.15) is 26.7 Å². The molecule has 0 aromatic rings. The fraction of sp³-hybridized carbons (Fsp3) is 0.750. The van der Waals surface area contributed by atoms with Crippen molar-refractivity contribution in [2.24, 2.45) is 5.41 Å². The molecule has 86 valence electrons. The molecule has 1 N–H and O–H groups in total. The lowest BCUT2D eigenvalue weighted by atomic mass is 9.87.